The summed E-state index contributed by atoms with van der Waals surface area (Å²) in [6.07, 6.45) is 3.44. The number of hydrogen-bond donors (Lipinski definition) is 2. The predicted molar refractivity (Wildman–Crippen MR) is 71.7 cm³/mol. The summed E-state index contributed by atoms with van der Waals surface area (Å²) in [7, 11) is 3.69. The molecule has 18 heavy (non-hydrogen) atoms. The highest BCUT2D eigenvalue weighted by Crippen LogP contribution is 2.21. The van der Waals surface area contributed by atoms with E-state index in [4.69, 9.17) is 5.11 Å². The van der Waals surface area contributed by atoms with Crippen molar-refractivity contribution in [3.05, 3.63) is 36.0 Å². The number of aliphatic carboxylic acids is 1. The highest BCUT2D eigenvalue weighted by Gasteiger charge is 2.15. The Balaban J connectivity index is 2.19. The number of benzene rings is 1. The predicted octanol–water partition coefficient (Wildman–Crippen LogP) is 1.78. The van der Waals surface area contributed by atoms with Gasteiger partial charge in [0.05, 0.1) is 0 Å². The Kier molecular flexibility index (Phi) is 3.67. The molecule has 0 aliphatic carbocycles. The summed E-state index contributed by atoms with van der Waals surface area (Å²) in [5, 5.41) is 13.0. The number of hydrogen-bond acceptors (Lipinski definition) is 2. The van der Waals surface area contributed by atoms with Crippen LogP contribution in [-0.2, 0) is 18.3 Å². The number of carbonyl (C=O) groups is 1. The highest BCUT2D eigenvalue weighted by atomic mass is 16.4. The van der Waals surface area contributed by atoms with Crippen LogP contribution < -0.4 is 5.32 Å². The zero-order valence-corrected chi connectivity index (χ0v) is 10.7. The first-order valence-corrected chi connectivity index (χ1v) is 6.06. The molecule has 2 rings (SSSR count). The third-order valence-corrected chi connectivity index (χ3v) is 3.33. The van der Waals surface area contributed by atoms with Crippen molar-refractivity contribution in [1.82, 2.24) is 9.88 Å². The van der Waals surface area contributed by atoms with Crippen LogP contribution in [-0.4, -0.2) is 28.7 Å². The van der Waals surface area contributed by atoms with Gasteiger partial charge in [-0.2, -0.15) is 0 Å². The second-order valence-electron chi connectivity index (χ2n) is 4.50. The smallest absolute Gasteiger partial charge is 0.320 e. The average Bonchev–Trinajstić information content (AvgIpc) is 2.68. The third kappa shape index (κ3) is 2.38. The van der Waals surface area contributed by atoms with Crippen LogP contribution in [0.2, 0.25) is 0 Å². The number of nitrogens with zero attached hydrogens (tertiary/aromatic N) is 1. The van der Waals surface area contributed by atoms with E-state index < -0.39 is 12.0 Å². The van der Waals surface area contributed by atoms with Crippen molar-refractivity contribution < 1.29 is 9.90 Å². The lowest BCUT2D eigenvalue weighted by Gasteiger charge is -2.10. The maximum Gasteiger partial charge on any atom is 0.320 e. The molecular formula is C14H18N2O2. The molecule has 1 heterocycles. The quantitative estimate of drug-likeness (QED) is 0.845. The molecule has 0 amide bonds. The molecule has 2 aromatic rings. The molecule has 4 heteroatoms. The fraction of sp³-hybridized carbons (Fsp3) is 0.357. The summed E-state index contributed by atoms with van der Waals surface area (Å²) in [6.45, 7) is 0. The average molecular weight is 246 g/mol. The summed E-state index contributed by atoms with van der Waals surface area (Å²) < 4.78 is 2.08. The molecule has 4 nitrogen and oxygen atoms in total. The lowest BCUT2D eigenvalue weighted by molar-refractivity contribution is -0.139. The van der Waals surface area contributed by atoms with Gasteiger partial charge in [-0.05, 0) is 31.5 Å². The molecular weight excluding hydrogens is 228 g/mol. The Labute approximate surface area is 106 Å². The van der Waals surface area contributed by atoms with Crippen LogP contribution in [0.25, 0.3) is 10.9 Å². The number of likely N-dealkylation sites (N-methyl/N-ethyl adjacent to an activating group) is 1. The number of aryl methyl sites for hydroxylation is 2. The molecule has 0 aliphatic rings. The monoisotopic (exact) mass is 246 g/mol. The summed E-state index contributed by atoms with van der Waals surface area (Å²) in [5.74, 6) is -0.794. The number of fused-ring (bicyclic) bond motifs is 1. The van der Waals surface area contributed by atoms with Crippen LogP contribution in [0.3, 0.4) is 0 Å². The van der Waals surface area contributed by atoms with Crippen molar-refractivity contribution in [2.24, 2.45) is 7.05 Å². The van der Waals surface area contributed by atoms with Crippen LogP contribution >= 0.6 is 0 Å². The molecule has 0 saturated carbocycles. The largest absolute Gasteiger partial charge is 0.480 e. The topological polar surface area (TPSA) is 54.3 Å². The molecule has 1 aromatic carbocycles. The first-order chi connectivity index (χ1) is 8.63. The van der Waals surface area contributed by atoms with E-state index in [1.807, 2.05) is 19.2 Å². The summed E-state index contributed by atoms with van der Waals surface area (Å²) in [6, 6.07) is 7.70. The van der Waals surface area contributed by atoms with Crippen LogP contribution in [0.5, 0.6) is 0 Å². The van der Waals surface area contributed by atoms with Crippen LogP contribution in [0, 0.1) is 0 Å². The minimum absolute atomic E-state index is 0.482. The number of nitrogens with one attached hydrogen (secondary N) is 1. The Hall–Kier alpha value is -1.81. The highest BCUT2D eigenvalue weighted by molar-refractivity contribution is 5.84. The minimum Gasteiger partial charge on any atom is -0.480 e. The Morgan fingerprint density at radius 2 is 2.17 bits per heavy atom. The van der Waals surface area contributed by atoms with E-state index >= 15 is 0 Å². The molecule has 96 valence electrons. The van der Waals surface area contributed by atoms with Gasteiger partial charge in [-0.25, -0.2) is 0 Å². The Bertz CT molecular complexity index is 560. The van der Waals surface area contributed by atoms with E-state index in [1.54, 1.807) is 7.05 Å². The second-order valence-corrected chi connectivity index (χ2v) is 4.50. The zero-order valence-electron chi connectivity index (χ0n) is 10.7. The molecule has 1 atom stereocenters. The number of carboxylic acid groups (broad SMARTS) is 1. The summed E-state index contributed by atoms with van der Waals surface area (Å²) in [5.41, 5.74) is 2.39. The summed E-state index contributed by atoms with van der Waals surface area (Å²) >= 11 is 0. The lowest BCUT2D eigenvalue weighted by Crippen LogP contribution is -2.34. The lowest BCUT2D eigenvalue weighted by atomic mass is 10.0. The van der Waals surface area contributed by atoms with Crippen LogP contribution in [0.15, 0.2) is 30.5 Å². The summed E-state index contributed by atoms with van der Waals surface area (Å²) in [4.78, 5) is 11.0. The van der Waals surface area contributed by atoms with E-state index in [2.05, 4.69) is 28.2 Å². The van der Waals surface area contributed by atoms with Crippen molar-refractivity contribution >= 4 is 16.9 Å². The van der Waals surface area contributed by atoms with Gasteiger partial charge in [0.2, 0.25) is 0 Å². The van der Waals surface area contributed by atoms with Gasteiger partial charge in [-0.1, -0.05) is 18.2 Å². The van der Waals surface area contributed by atoms with Crippen molar-refractivity contribution in [2.45, 2.75) is 18.9 Å². The molecule has 0 saturated heterocycles. The van der Waals surface area contributed by atoms with Crippen molar-refractivity contribution in [2.75, 3.05) is 7.05 Å². The molecule has 0 bridgehead atoms. The fourth-order valence-corrected chi connectivity index (χ4v) is 2.32. The van der Waals surface area contributed by atoms with Crippen molar-refractivity contribution in [3.8, 4) is 0 Å². The molecule has 0 fully saturated rings. The molecule has 0 aliphatic heterocycles. The van der Waals surface area contributed by atoms with Gasteiger partial charge < -0.3 is 15.0 Å². The van der Waals surface area contributed by atoms with Gasteiger partial charge in [0.1, 0.15) is 6.04 Å². The molecule has 0 spiro atoms. The SMILES string of the molecule is CNC(CCc1cn(C)c2ccccc12)C(=O)O. The first kappa shape index (κ1) is 12.6. The Morgan fingerprint density at radius 3 is 2.83 bits per heavy atom. The van der Waals surface area contributed by atoms with Gasteiger partial charge in [0.25, 0.3) is 0 Å². The second kappa shape index (κ2) is 5.23. The molecule has 2 N–H and O–H groups in total. The van der Waals surface area contributed by atoms with Gasteiger partial charge >= 0.3 is 5.97 Å². The molecule has 1 unspecified atom stereocenters. The first-order valence-electron chi connectivity index (χ1n) is 6.06. The maximum absolute atomic E-state index is 11.0. The minimum atomic E-state index is -0.794. The van der Waals surface area contributed by atoms with Gasteiger partial charge in [-0.3, -0.25) is 4.79 Å². The number of aromatic nitrogens is 1. The number of para-hydroxylation sites is 1. The normalized spacial score (nSPS) is 12.8. The Morgan fingerprint density at radius 1 is 1.44 bits per heavy atom. The zero-order chi connectivity index (χ0) is 13.1. The van der Waals surface area contributed by atoms with Gasteiger partial charge in [0.15, 0.2) is 0 Å². The number of rotatable bonds is 5. The third-order valence-electron chi connectivity index (χ3n) is 3.33. The van der Waals surface area contributed by atoms with Crippen molar-refractivity contribution in [3.63, 3.8) is 0 Å². The molecule has 0 radical (unpaired) electrons. The van der Waals surface area contributed by atoms with E-state index in [-0.39, 0.29) is 0 Å². The van der Waals surface area contributed by atoms with Gasteiger partial charge in [0, 0.05) is 24.1 Å². The fourth-order valence-electron chi connectivity index (χ4n) is 2.32. The maximum atomic E-state index is 11.0. The number of carboxylic acids is 1. The van der Waals surface area contributed by atoms with E-state index in [1.165, 1.54) is 16.5 Å². The van der Waals surface area contributed by atoms with Crippen molar-refractivity contribution in [1.29, 1.82) is 0 Å². The van der Waals surface area contributed by atoms with E-state index in [0.29, 0.717) is 6.42 Å². The van der Waals surface area contributed by atoms with Crippen LogP contribution in [0.1, 0.15) is 12.0 Å². The van der Waals surface area contributed by atoms with E-state index in [0.717, 1.165) is 6.42 Å². The van der Waals surface area contributed by atoms with Crippen LogP contribution in [0.4, 0.5) is 0 Å². The van der Waals surface area contributed by atoms with Gasteiger partial charge in [-0.15, -0.1) is 0 Å². The molecule has 1 aromatic heterocycles. The van der Waals surface area contributed by atoms with E-state index in [9.17, 15) is 4.79 Å². The standard InChI is InChI=1S/C14H18N2O2/c1-15-12(14(17)18)8-7-10-9-16(2)13-6-4-3-5-11(10)13/h3-6,9,12,15H,7-8H2,1-2H3,(H,17,18).